The van der Waals surface area contributed by atoms with E-state index in [0.717, 1.165) is 12.8 Å². The maximum Gasteiger partial charge on any atom is 0.0264 e. The van der Waals surface area contributed by atoms with E-state index in [1.54, 1.807) is 0 Å². The Labute approximate surface area is 191 Å². The third-order valence-corrected chi connectivity index (χ3v) is 14.9. The van der Waals surface area contributed by atoms with Crippen LogP contribution in [0.25, 0.3) is 0 Å². The van der Waals surface area contributed by atoms with Gasteiger partial charge < -0.3 is 0 Å². The third-order valence-electron chi connectivity index (χ3n) is 6.33. The Bertz CT molecular complexity index is 633. The van der Waals surface area contributed by atoms with Crippen LogP contribution in [0.4, 0.5) is 0 Å². The normalized spacial score (nSPS) is 28.1. The van der Waals surface area contributed by atoms with Crippen LogP contribution in [0, 0.1) is 0 Å². The highest BCUT2D eigenvalue weighted by Crippen LogP contribution is 2.82. The summed E-state index contributed by atoms with van der Waals surface area (Å²) in [6, 6.07) is 0. The lowest BCUT2D eigenvalue weighted by atomic mass is 9.80. The van der Waals surface area contributed by atoms with Crippen LogP contribution in [0.5, 0.6) is 0 Å². The van der Waals surface area contributed by atoms with Crippen LogP contribution in [0.2, 0.25) is 0 Å². The van der Waals surface area contributed by atoms with E-state index in [-0.39, 0.29) is 46.8 Å². The van der Waals surface area contributed by atoms with Gasteiger partial charge in [-0.2, -0.15) is 0 Å². The van der Waals surface area contributed by atoms with Crippen molar-refractivity contribution in [1.29, 1.82) is 0 Å². The highest BCUT2D eigenvalue weighted by Gasteiger charge is 2.63. The van der Waals surface area contributed by atoms with Crippen LogP contribution in [0.1, 0.15) is 95.9 Å². The molecule has 2 unspecified atom stereocenters. The second-order valence-electron chi connectivity index (χ2n) is 13.2. The number of hydrogen-bond donors (Lipinski definition) is 0. The van der Waals surface area contributed by atoms with E-state index in [1.165, 1.54) is 0 Å². The van der Waals surface area contributed by atoms with Gasteiger partial charge in [0.2, 0.25) is 0 Å². The standard InChI is InChI=1S/C28H48P2/c1-23(2,3)29(24(4,5)6)27(19-15-13-16-20-27)28(21-17-14-18-22-28)30(25(7,8)9)26(10,11)12/h13-19,21H,20,22H2,1-12H3. The summed E-state index contributed by atoms with van der Waals surface area (Å²) in [6.45, 7) is 30.1. The first kappa shape index (κ1) is 26.1. The summed E-state index contributed by atoms with van der Waals surface area (Å²) in [5.41, 5.74) is 0. The first-order chi connectivity index (χ1) is 13.4. The molecular formula is C28H48P2. The molecule has 0 aliphatic heterocycles. The van der Waals surface area contributed by atoms with Crippen molar-refractivity contribution in [2.45, 2.75) is 127 Å². The lowest BCUT2D eigenvalue weighted by Crippen LogP contribution is -2.58. The molecule has 0 nitrogen and oxygen atoms in total. The van der Waals surface area contributed by atoms with Crippen molar-refractivity contribution in [1.82, 2.24) is 0 Å². The van der Waals surface area contributed by atoms with Crippen LogP contribution in [0.3, 0.4) is 0 Å². The summed E-state index contributed by atoms with van der Waals surface area (Å²) in [5, 5.41) is 1.37. The van der Waals surface area contributed by atoms with Crippen molar-refractivity contribution in [2.24, 2.45) is 0 Å². The molecule has 0 saturated carbocycles. The molecule has 30 heavy (non-hydrogen) atoms. The monoisotopic (exact) mass is 446 g/mol. The molecule has 2 aliphatic carbocycles. The van der Waals surface area contributed by atoms with Gasteiger partial charge in [-0.15, -0.1) is 0 Å². The largest absolute Gasteiger partial charge is 0.0837 e. The Balaban J connectivity index is 2.97. The van der Waals surface area contributed by atoms with Crippen molar-refractivity contribution in [2.75, 3.05) is 0 Å². The molecule has 2 heteroatoms. The Hall–Kier alpha value is -0.180. The maximum absolute atomic E-state index is 2.67. The Morgan fingerprint density at radius 1 is 0.467 bits per heavy atom. The lowest BCUT2D eigenvalue weighted by Gasteiger charge is -2.66. The molecule has 0 aromatic carbocycles. The SMILES string of the molecule is CC(C)(C)P(C(C)(C)C)C1(C2(P(C(C)(C)C)C(C)(C)C)C=CC=CC2)C=CC=CC1. The molecule has 0 fully saturated rings. The zero-order valence-electron chi connectivity index (χ0n) is 21.9. The van der Waals surface area contributed by atoms with E-state index in [0.29, 0.717) is 0 Å². The predicted octanol–water partition coefficient (Wildman–Crippen LogP) is 9.65. The second-order valence-corrected chi connectivity index (χ2v) is 21.5. The topological polar surface area (TPSA) is 0 Å². The molecule has 0 spiro atoms. The van der Waals surface area contributed by atoms with Crippen LogP contribution in [-0.4, -0.2) is 30.9 Å². The fraction of sp³-hybridized carbons (Fsp3) is 0.714. The van der Waals surface area contributed by atoms with Crippen LogP contribution in [-0.2, 0) is 0 Å². The first-order valence-electron chi connectivity index (χ1n) is 11.7. The minimum atomic E-state index is -0.350. The fourth-order valence-corrected chi connectivity index (χ4v) is 18.6. The highest BCUT2D eigenvalue weighted by atomic mass is 31.1. The van der Waals surface area contributed by atoms with E-state index in [9.17, 15) is 0 Å². The van der Waals surface area contributed by atoms with E-state index in [2.05, 4.69) is 132 Å². The summed E-state index contributed by atoms with van der Waals surface area (Å²) in [5.74, 6) is 0. The Kier molecular flexibility index (Phi) is 7.22. The molecular weight excluding hydrogens is 398 g/mol. The molecule has 0 heterocycles. The second kappa shape index (κ2) is 8.31. The minimum absolute atomic E-state index is 0.154. The van der Waals surface area contributed by atoms with E-state index < -0.39 is 0 Å². The van der Waals surface area contributed by atoms with Gasteiger partial charge in [-0.3, -0.25) is 0 Å². The quantitative estimate of drug-likeness (QED) is 0.378. The van der Waals surface area contributed by atoms with E-state index >= 15 is 0 Å². The predicted molar refractivity (Wildman–Crippen MR) is 144 cm³/mol. The molecule has 0 radical (unpaired) electrons. The minimum Gasteiger partial charge on any atom is -0.0837 e. The molecule has 0 aromatic heterocycles. The van der Waals surface area contributed by atoms with Crippen molar-refractivity contribution in [3.8, 4) is 0 Å². The average molecular weight is 447 g/mol. The van der Waals surface area contributed by atoms with E-state index in [4.69, 9.17) is 0 Å². The van der Waals surface area contributed by atoms with Gasteiger partial charge in [0.1, 0.15) is 0 Å². The highest BCUT2D eigenvalue weighted by molar-refractivity contribution is 7.67. The Morgan fingerprint density at radius 3 is 0.900 bits per heavy atom. The maximum atomic E-state index is 2.67. The van der Waals surface area contributed by atoms with Crippen molar-refractivity contribution >= 4 is 15.8 Å². The molecule has 0 amide bonds. The van der Waals surface area contributed by atoms with Crippen molar-refractivity contribution in [3.63, 3.8) is 0 Å². The molecule has 0 aromatic rings. The van der Waals surface area contributed by atoms with Gasteiger partial charge in [0.25, 0.3) is 0 Å². The summed E-state index contributed by atoms with van der Waals surface area (Å²) in [6.07, 6.45) is 21.9. The summed E-state index contributed by atoms with van der Waals surface area (Å²) in [4.78, 5) is 0. The van der Waals surface area contributed by atoms with Gasteiger partial charge in [-0.25, -0.2) is 0 Å². The summed E-state index contributed by atoms with van der Waals surface area (Å²) < 4.78 is 0. The third kappa shape index (κ3) is 4.76. The molecule has 0 bridgehead atoms. The molecule has 170 valence electrons. The molecule has 0 N–H and O–H groups in total. The van der Waals surface area contributed by atoms with Gasteiger partial charge in [-0.1, -0.05) is 148 Å². The van der Waals surface area contributed by atoms with Crippen molar-refractivity contribution in [3.05, 3.63) is 48.6 Å². The lowest BCUT2D eigenvalue weighted by molar-refractivity contribution is 0.497. The van der Waals surface area contributed by atoms with Crippen LogP contribution in [0.15, 0.2) is 48.6 Å². The Morgan fingerprint density at radius 2 is 0.733 bits per heavy atom. The summed E-state index contributed by atoms with van der Waals surface area (Å²) in [7, 11) is -0.701. The van der Waals surface area contributed by atoms with Crippen LogP contribution >= 0.6 is 15.8 Å². The fourth-order valence-electron chi connectivity index (χ4n) is 6.99. The zero-order chi connectivity index (χ0) is 23.2. The number of allylic oxidation sites excluding steroid dienone is 8. The van der Waals surface area contributed by atoms with Gasteiger partial charge in [0.15, 0.2) is 0 Å². The van der Waals surface area contributed by atoms with E-state index in [1.807, 2.05) is 0 Å². The first-order valence-corrected chi connectivity index (χ1v) is 14.4. The number of hydrogen-bond acceptors (Lipinski definition) is 0. The van der Waals surface area contributed by atoms with Gasteiger partial charge >= 0.3 is 0 Å². The number of rotatable bonds is 3. The smallest absolute Gasteiger partial charge is 0.0264 e. The van der Waals surface area contributed by atoms with Gasteiger partial charge in [0, 0.05) is 10.3 Å². The molecule has 2 atom stereocenters. The van der Waals surface area contributed by atoms with Gasteiger partial charge in [0.05, 0.1) is 0 Å². The van der Waals surface area contributed by atoms with Crippen LogP contribution < -0.4 is 0 Å². The van der Waals surface area contributed by atoms with Gasteiger partial charge in [-0.05, 0) is 33.5 Å². The zero-order valence-corrected chi connectivity index (χ0v) is 23.7. The van der Waals surface area contributed by atoms with Crippen molar-refractivity contribution < 1.29 is 0 Å². The molecule has 2 rings (SSSR count). The summed E-state index contributed by atoms with van der Waals surface area (Å²) >= 11 is 0. The average Bonchev–Trinajstić information content (AvgIpc) is 2.50. The molecule has 0 saturated heterocycles. The molecule has 2 aliphatic rings.